The van der Waals surface area contributed by atoms with Crippen LogP contribution in [0.15, 0.2) is 17.1 Å². The first-order valence-corrected chi connectivity index (χ1v) is 9.21. The molecule has 0 aromatic carbocycles. The first-order valence-electron chi connectivity index (χ1n) is 9.21. The monoisotopic (exact) mass is 393 g/mol. The van der Waals surface area contributed by atoms with Crippen LogP contribution in [0.3, 0.4) is 0 Å². The number of carbonyl (C=O) groups is 2. The Kier molecular flexibility index (Phi) is 8.53. The standard InChI is InChI=1S/C16H25N7O2.CH2O2/c1-12(8-23-11-17-10-19-23)16(24)18-7-14-3-5-22(6-4-14)9-15-21-20-13(2)25-15;2-1-3/h10-12,14H,3-9H2,1-2H3,(H,18,24);1H,(H,2,3). The number of nitrogens with zero attached hydrogens (tertiary/aromatic N) is 6. The molecule has 1 atom stereocenters. The smallest absolute Gasteiger partial charge is 0.290 e. The van der Waals surface area contributed by atoms with Crippen LogP contribution in [0, 0.1) is 18.8 Å². The predicted molar refractivity (Wildman–Crippen MR) is 97.9 cm³/mol. The third-order valence-corrected chi connectivity index (χ3v) is 4.57. The number of carboxylic acid groups (broad SMARTS) is 1. The summed E-state index contributed by atoms with van der Waals surface area (Å²) in [6, 6.07) is 0. The van der Waals surface area contributed by atoms with Crippen LogP contribution in [0.1, 0.15) is 31.5 Å². The van der Waals surface area contributed by atoms with Crippen molar-refractivity contribution in [2.75, 3.05) is 19.6 Å². The number of aryl methyl sites for hydroxylation is 1. The van der Waals surface area contributed by atoms with Crippen LogP contribution in [0.2, 0.25) is 0 Å². The largest absolute Gasteiger partial charge is 0.483 e. The molecule has 28 heavy (non-hydrogen) atoms. The van der Waals surface area contributed by atoms with Crippen molar-refractivity contribution in [2.45, 2.75) is 39.8 Å². The van der Waals surface area contributed by atoms with Gasteiger partial charge in [-0.2, -0.15) is 5.10 Å². The molecule has 2 aromatic rings. The van der Waals surface area contributed by atoms with Crippen LogP contribution >= 0.6 is 0 Å². The summed E-state index contributed by atoms with van der Waals surface area (Å²) in [5.74, 6) is 1.74. The molecule has 0 saturated carbocycles. The van der Waals surface area contributed by atoms with Crippen LogP contribution in [-0.4, -0.2) is 67.0 Å². The van der Waals surface area contributed by atoms with Crippen LogP contribution in [0.4, 0.5) is 0 Å². The average Bonchev–Trinajstić information content (AvgIpc) is 3.33. The van der Waals surface area contributed by atoms with Gasteiger partial charge in [0, 0.05) is 13.5 Å². The number of hydrogen-bond donors (Lipinski definition) is 2. The summed E-state index contributed by atoms with van der Waals surface area (Å²) in [7, 11) is 0. The lowest BCUT2D eigenvalue weighted by molar-refractivity contribution is -0.125. The van der Waals surface area contributed by atoms with Crippen LogP contribution in [0.25, 0.3) is 0 Å². The molecule has 2 aromatic heterocycles. The zero-order valence-electron chi connectivity index (χ0n) is 16.2. The van der Waals surface area contributed by atoms with Gasteiger partial charge in [-0.3, -0.25) is 19.2 Å². The Morgan fingerprint density at radius 3 is 2.71 bits per heavy atom. The minimum atomic E-state index is -0.250. The van der Waals surface area contributed by atoms with Gasteiger partial charge >= 0.3 is 0 Å². The number of hydrogen-bond acceptors (Lipinski definition) is 8. The van der Waals surface area contributed by atoms with Crippen molar-refractivity contribution in [3.05, 3.63) is 24.4 Å². The van der Waals surface area contributed by atoms with Gasteiger partial charge in [-0.05, 0) is 31.8 Å². The molecule has 11 nitrogen and oxygen atoms in total. The number of nitrogens with one attached hydrogen (secondary N) is 1. The highest BCUT2D eigenvalue weighted by Gasteiger charge is 2.22. The molecular weight excluding hydrogens is 366 g/mol. The first kappa shape index (κ1) is 21.5. The lowest BCUT2D eigenvalue weighted by Gasteiger charge is -2.31. The number of rotatable bonds is 7. The molecule has 154 valence electrons. The Morgan fingerprint density at radius 1 is 1.43 bits per heavy atom. The molecule has 3 rings (SSSR count). The first-order chi connectivity index (χ1) is 13.5. The summed E-state index contributed by atoms with van der Waals surface area (Å²) < 4.78 is 7.11. The van der Waals surface area contributed by atoms with E-state index >= 15 is 0 Å². The Hall–Kier alpha value is -2.82. The van der Waals surface area contributed by atoms with Crippen LogP contribution < -0.4 is 5.32 Å². The summed E-state index contributed by atoms with van der Waals surface area (Å²) in [4.78, 5) is 26.8. The molecule has 1 amide bonds. The van der Waals surface area contributed by atoms with Crippen molar-refractivity contribution in [3.8, 4) is 0 Å². The summed E-state index contributed by atoms with van der Waals surface area (Å²) in [6.45, 7) is 7.41. The fourth-order valence-electron chi connectivity index (χ4n) is 3.05. The third-order valence-electron chi connectivity index (χ3n) is 4.57. The fourth-order valence-corrected chi connectivity index (χ4v) is 3.05. The molecule has 0 aliphatic carbocycles. The zero-order chi connectivity index (χ0) is 20.4. The van der Waals surface area contributed by atoms with Gasteiger partial charge < -0.3 is 14.8 Å². The molecule has 3 heterocycles. The number of amides is 1. The van der Waals surface area contributed by atoms with Gasteiger partial charge in [-0.15, -0.1) is 10.2 Å². The molecule has 1 fully saturated rings. The van der Waals surface area contributed by atoms with Crippen LogP contribution in [-0.2, 0) is 22.7 Å². The molecule has 0 radical (unpaired) electrons. The van der Waals surface area contributed by atoms with Gasteiger partial charge in [0.15, 0.2) is 0 Å². The summed E-state index contributed by atoms with van der Waals surface area (Å²) >= 11 is 0. The van der Waals surface area contributed by atoms with E-state index in [2.05, 4.69) is 30.5 Å². The maximum Gasteiger partial charge on any atom is 0.290 e. The van der Waals surface area contributed by atoms with Gasteiger partial charge in [-0.1, -0.05) is 6.92 Å². The van der Waals surface area contributed by atoms with Gasteiger partial charge in [0.2, 0.25) is 17.7 Å². The molecule has 1 aliphatic rings. The number of piperidine rings is 1. The molecule has 1 unspecified atom stereocenters. The maximum absolute atomic E-state index is 12.2. The van der Waals surface area contributed by atoms with E-state index in [1.807, 2.05) is 6.92 Å². The van der Waals surface area contributed by atoms with Gasteiger partial charge in [0.05, 0.1) is 19.0 Å². The second-order valence-electron chi connectivity index (χ2n) is 6.80. The topological polar surface area (TPSA) is 139 Å². The summed E-state index contributed by atoms with van der Waals surface area (Å²) in [6.07, 6.45) is 5.23. The minimum Gasteiger partial charge on any atom is -0.483 e. The SMILES string of the molecule is Cc1nnc(CN2CCC(CNC(=O)C(C)Cn3cncn3)CC2)o1.O=CO. The highest BCUT2D eigenvalue weighted by atomic mass is 16.4. The lowest BCUT2D eigenvalue weighted by atomic mass is 9.96. The van der Waals surface area contributed by atoms with Crippen molar-refractivity contribution in [1.29, 1.82) is 0 Å². The van der Waals surface area contributed by atoms with E-state index in [0.717, 1.165) is 32.5 Å². The van der Waals surface area contributed by atoms with E-state index in [0.29, 0.717) is 30.8 Å². The maximum atomic E-state index is 12.2. The molecule has 11 heteroatoms. The number of likely N-dealkylation sites (tertiary alicyclic amines) is 1. The quantitative estimate of drug-likeness (QED) is 0.637. The van der Waals surface area contributed by atoms with E-state index in [-0.39, 0.29) is 18.3 Å². The Bertz CT molecular complexity index is 711. The van der Waals surface area contributed by atoms with Crippen molar-refractivity contribution < 1.29 is 19.1 Å². The molecule has 2 N–H and O–H groups in total. The van der Waals surface area contributed by atoms with Crippen molar-refractivity contribution in [3.63, 3.8) is 0 Å². The molecule has 0 bridgehead atoms. The Balaban J connectivity index is 0.000000878. The van der Waals surface area contributed by atoms with Crippen molar-refractivity contribution in [1.82, 2.24) is 35.2 Å². The predicted octanol–water partition coefficient (Wildman–Crippen LogP) is 0.335. The van der Waals surface area contributed by atoms with Crippen molar-refractivity contribution >= 4 is 12.4 Å². The van der Waals surface area contributed by atoms with E-state index in [1.54, 1.807) is 17.9 Å². The highest BCUT2D eigenvalue weighted by Crippen LogP contribution is 2.18. The Morgan fingerprint density at radius 2 is 2.14 bits per heavy atom. The van der Waals surface area contributed by atoms with Gasteiger partial charge in [-0.25, -0.2) is 4.98 Å². The molecular formula is C17H27N7O4. The van der Waals surface area contributed by atoms with E-state index < -0.39 is 0 Å². The summed E-state index contributed by atoms with van der Waals surface area (Å²) in [5, 5.41) is 21.9. The number of aromatic nitrogens is 5. The van der Waals surface area contributed by atoms with Crippen molar-refractivity contribution in [2.24, 2.45) is 11.8 Å². The summed E-state index contributed by atoms with van der Waals surface area (Å²) in [5.41, 5.74) is 0. The van der Waals surface area contributed by atoms with Gasteiger partial charge in [0.1, 0.15) is 12.7 Å². The lowest BCUT2D eigenvalue weighted by Crippen LogP contribution is -2.40. The number of carbonyl (C=O) groups excluding carboxylic acids is 1. The van der Waals surface area contributed by atoms with Gasteiger partial charge in [0.25, 0.3) is 6.47 Å². The molecule has 1 saturated heterocycles. The van der Waals surface area contributed by atoms with E-state index in [1.165, 1.54) is 6.33 Å². The Labute approximate surface area is 163 Å². The normalized spacial score (nSPS) is 16.1. The highest BCUT2D eigenvalue weighted by molar-refractivity contribution is 5.78. The second kappa shape index (κ2) is 11.1. The van der Waals surface area contributed by atoms with E-state index in [4.69, 9.17) is 14.3 Å². The second-order valence-corrected chi connectivity index (χ2v) is 6.80. The average molecular weight is 393 g/mol. The molecule has 0 spiro atoms. The van der Waals surface area contributed by atoms with Crippen LogP contribution in [0.5, 0.6) is 0 Å². The zero-order valence-corrected chi connectivity index (χ0v) is 16.2. The fraction of sp³-hybridized carbons (Fsp3) is 0.647. The third kappa shape index (κ3) is 7.06. The van der Waals surface area contributed by atoms with E-state index in [9.17, 15) is 4.79 Å². The molecule has 1 aliphatic heterocycles. The minimum absolute atomic E-state index is 0.0688.